The summed E-state index contributed by atoms with van der Waals surface area (Å²) in [6, 6.07) is 4.33. The van der Waals surface area contributed by atoms with E-state index in [-0.39, 0.29) is 16.3 Å². The Bertz CT molecular complexity index is 1160. The van der Waals surface area contributed by atoms with Crippen molar-refractivity contribution in [1.82, 2.24) is 19.2 Å². The van der Waals surface area contributed by atoms with E-state index in [0.717, 1.165) is 0 Å². The van der Waals surface area contributed by atoms with E-state index in [2.05, 4.69) is 15.3 Å². The van der Waals surface area contributed by atoms with E-state index in [0.29, 0.717) is 45.0 Å². The van der Waals surface area contributed by atoms with Crippen LogP contribution < -0.4 is 15.6 Å². The SMILES string of the molecule is CCCOc1ccc(S(=O)(=O)N2CCN(C)CC2)cc1-c1nc(O)c(NC(C)=O)c(=O)[nH]1. The van der Waals surface area contributed by atoms with Crippen LogP contribution in [0.15, 0.2) is 27.9 Å². The van der Waals surface area contributed by atoms with Crippen molar-refractivity contribution in [3.63, 3.8) is 0 Å². The lowest BCUT2D eigenvalue weighted by atomic mass is 10.2. The minimum absolute atomic E-state index is 0.0222. The molecule has 1 aliphatic rings. The Morgan fingerprint density at radius 1 is 1.28 bits per heavy atom. The topological polar surface area (TPSA) is 145 Å². The first-order valence-electron chi connectivity index (χ1n) is 10.2. The zero-order valence-corrected chi connectivity index (χ0v) is 19.0. The monoisotopic (exact) mass is 465 g/mol. The van der Waals surface area contributed by atoms with Crippen LogP contribution in [0.25, 0.3) is 11.4 Å². The third-order valence-corrected chi connectivity index (χ3v) is 6.86. The van der Waals surface area contributed by atoms with Crippen LogP contribution in [0, 0.1) is 0 Å². The van der Waals surface area contributed by atoms with Gasteiger partial charge >= 0.3 is 0 Å². The van der Waals surface area contributed by atoms with Crippen LogP contribution in [-0.4, -0.2) is 78.4 Å². The fourth-order valence-electron chi connectivity index (χ4n) is 3.25. The lowest BCUT2D eigenvalue weighted by Crippen LogP contribution is -2.47. The van der Waals surface area contributed by atoms with Crippen LogP contribution in [0.4, 0.5) is 5.69 Å². The Morgan fingerprint density at radius 2 is 1.97 bits per heavy atom. The van der Waals surface area contributed by atoms with Crippen molar-refractivity contribution in [3.05, 3.63) is 28.6 Å². The molecule has 0 saturated carbocycles. The number of aromatic nitrogens is 2. The lowest BCUT2D eigenvalue weighted by molar-refractivity contribution is -0.114. The Kier molecular flexibility index (Phi) is 7.16. The Hall–Kier alpha value is -2.96. The van der Waals surface area contributed by atoms with E-state index in [9.17, 15) is 23.1 Å². The summed E-state index contributed by atoms with van der Waals surface area (Å²) < 4.78 is 33.5. The van der Waals surface area contributed by atoms with E-state index < -0.39 is 33.1 Å². The Labute approximate surface area is 186 Å². The number of carbonyl (C=O) groups is 1. The number of benzene rings is 1. The zero-order chi connectivity index (χ0) is 23.5. The molecule has 1 aliphatic heterocycles. The van der Waals surface area contributed by atoms with Gasteiger partial charge in [-0.15, -0.1) is 0 Å². The number of likely N-dealkylation sites (N-methyl/N-ethyl adjacent to an activating group) is 1. The van der Waals surface area contributed by atoms with Gasteiger partial charge in [0.25, 0.3) is 5.56 Å². The summed E-state index contributed by atoms with van der Waals surface area (Å²) in [4.78, 5) is 32.2. The number of nitrogens with one attached hydrogen (secondary N) is 2. The summed E-state index contributed by atoms with van der Waals surface area (Å²) in [5.74, 6) is -1.01. The molecule has 0 atom stereocenters. The van der Waals surface area contributed by atoms with Gasteiger partial charge in [0.1, 0.15) is 11.6 Å². The van der Waals surface area contributed by atoms with Crippen LogP contribution in [0.5, 0.6) is 11.6 Å². The van der Waals surface area contributed by atoms with Crippen LogP contribution in [0.3, 0.4) is 0 Å². The number of aromatic hydroxyl groups is 1. The molecular weight excluding hydrogens is 438 g/mol. The summed E-state index contributed by atoms with van der Waals surface area (Å²) in [5, 5.41) is 12.4. The number of amides is 1. The number of hydrogen-bond acceptors (Lipinski definition) is 8. The van der Waals surface area contributed by atoms with E-state index in [1.807, 2.05) is 18.9 Å². The van der Waals surface area contributed by atoms with Crippen molar-refractivity contribution >= 4 is 21.6 Å². The van der Waals surface area contributed by atoms with Crippen molar-refractivity contribution in [1.29, 1.82) is 0 Å². The average Bonchev–Trinajstić information content (AvgIpc) is 2.74. The molecule has 32 heavy (non-hydrogen) atoms. The number of carbonyl (C=O) groups excluding carboxylic acids is 1. The fourth-order valence-corrected chi connectivity index (χ4v) is 4.70. The standard InChI is InChI=1S/C20H27N5O6S/c1-4-11-31-16-6-5-14(32(29,30)25-9-7-24(3)8-10-25)12-15(16)18-22-19(27)17(20(28)23-18)21-13(2)26/h5-6,12H,4,7-11H2,1-3H3,(H,21,26)(H2,22,23,27,28). The van der Waals surface area contributed by atoms with Crippen molar-refractivity contribution < 1.29 is 23.1 Å². The van der Waals surface area contributed by atoms with Crippen molar-refractivity contribution in [2.24, 2.45) is 0 Å². The molecule has 0 unspecified atom stereocenters. The van der Waals surface area contributed by atoms with Gasteiger partial charge in [-0.2, -0.15) is 9.29 Å². The van der Waals surface area contributed by atoms with E-state index in [1.54, 1.807) is 0 Å². The van der Waals surface area contributed by atoms with Gasteiger partial charge in [0.05, 0.1) is 17.1 Å². The molecule has 3 rings (SSSR count). The number of anilines is 1. The molecule has 0 aliphatic carbocycles. The number of ether oxygens (including phenoxy) is 1. The van der Waals surface area contributed by atoms with E-state index in [4.69, 9.17) is 4.74 Å². The van der Waals surface area contributed by atoms with Crippen LogP contribution in [0.2, 0.25) is 0 Å². The molecule has 0 radical (unpaired) electrons. The van der Waals surface area contributed by atoms with Crippen molar-refractivity contribution in [2.75, 3.05) is 45.2 Å². The highest BCUT2D eigenvalue weighted by atomic mass is 32.2. The van der Waals surface area contributed by atoms with E-state index >= 15 is 0 Å². The predicted octanol–water partition coefficient (Wildman–Crippen LogP) is 0.826. The zero-order valence-electron chi connectivity index (χ0n) is 18.2. The first-order chi connectivity index (χ1) is 15.1. The van der Waals surface area contributed by atoms with Gasteiger partial charge in [0.2, 0.25) is 21.8 Å². The third kappa shape index (κ3) is 5.09. The second-order valence-electron chi connectivity index (χ2n) is 7.51. The molecule has 1 amide bonds. The van der Waals surface area contributed by atoms with Crippen molar-refractivity contribution in [3.8, 4) is 23.0 Å². The average molecular weight is 466 g/mol. The smallest absolute Gasteiger partial charge is 0.278 e. The quantitative estimate of drug-likeness (QED) is 0.545. The minimum atomic E-state index is -3.79. The molecule has 12 heteroatoms. The number of sulfonamides is 1. The molecule has 2 aromatic rings. The third-order valence-electron chi connectivity index (χ3n) is 4.97. The summed E-state index contributed by atoms with van der Waals surface area (Å²) in [6.07, 6.45) is 0.706. The number of rotatable bonds is 7. The van der Waals surface area contributed by atoms with Crippen molar-refractivity contribution in [2.45, 2.75) is 25.2 Å². The number of nitrogens with zero attached hydrogens (tertiary/aromatic N) is 3. The molecule has 1 aromatic heterocycles. The number of H-pyrrole nitrogens is 1. The molecule has 1 saturated heterocycles. The molecule has 1 aromatic carbocycles. The maximum Gasteiger partial charge on any atom is 0.278 e. The highest BCUT2D eigenvalue weighted by molar-refractivity contribution is 7.89. The molecule has 174 valence electrons. The summed E-state index contributed by atoms with van der Waals surface area (Å²) in [5.41, 5.74) is -0.967. The second-order valence-corrected chi connectivity index (χ2v) is 9.45. The normalized spacial score (nSPS) is 15.5. The minimum Gasteiger partial charge on any atom is -0.493 e. The summed E-state index contributed by atoms with van der Waals surface area (Å²) in [7, 11) is -1.85. The highest BCUT2D eigenvalue weighted by Gasteiger charge is 2.29. The van der Waals surface area contributed by atoms with Crippen LogP contribution >= 0.6 is 0 Å². The molecule has 3 N–H and O–H groups in total. The number of hydrogen-bond donors (Lipinski definition) is 3. The van der Waals surface area contributed by atoms with Gasteiger partial charge in [0.15, 0.2) is 5.69 Å². The molecular formula is C20H27N5O6S. The molecule has 2 heterocycles. The predicted molar refractivity (Wildman–Crippen MR) is 118 cm³/mol. The Balaban J connectivity index is 2.08. The molecule has 0 bridgehead atoms. The van der Waals surface area contributed by atoms with E-state index in [1.165, 1.54) is 29.4 Å². The maximum atomic E-state index is 13.2. The molecule has 11 nitrogen and oxygen atoms in total. The molecule has 0 spiro atoms. The highest BCUT2D eigenvalue weighted by Crippen LogP contribution is 2.33. The summed E-state index contributed by atoms with van der Waals surface area (Å²) in [6.45, 7) is 5.44. The van der Waals surface area contributed by atoms with Gasteiger partial charge in [-0.05, 0) is 31.7 Å². The second kappa shape index (κ2) is 9.67. The maximum absolute atomic E-state index is 13.2. The first-order valence-corrected chi connectivity index (χ1v) is 11.6. The largest absolute Gasteiger partial charge is 0.493 e. The molecule has 1 fully saturated rings. The number of piperazine rings is 1. The van der Waals surface area contributed by atoms with Crippen LogP contribution in [0.1, 0.15) is 20.3 Å². The van der Waals surface area contributed by atoms with Gasteiger partial charge in [0, 0.05) is 33.1 Å². The fraction of sp³-hybridized carbons (Fsp3) is 0.450. The van der Waals surface area contributed by atoms with Gasteiger partial charge in [-0.25, -0.2) is 8.42 Å². The lowest BCUT2D eigenvalue weighted by Gasteiger charge is -2.31. The first kappa shape index (κ1) is 23.7. The number of aromatic amines is 1. The Morgan fingerprint density at radius 3 is 2.56 bits per heavy atom. The van der Waals surface area contributed by atoms with Crippen LogP contribution in [-0.2, 0) is 14.8 Å². The van der Waals surface area contributed by atoms with Gasteiger partial charge in [-0.3, -0.25) is 9.59 Å². The van der Waals surface area contributed by atoms with Gasteiger partial charge in [-0.1, -0.05) is 6.92 Å². The summed E-state index contributed by atoms with van der Waals surface area (Å²) >= 11 is 0. The van der Waals surface area contributed by atoms with Gasteiger partial charge < -0.3 is 25.0 Å².